The summed E-state index contributed by atoms with van der Waals surface area (Å²) in [7, 11) is 0. The molecule has 136 valence electrons. The molecule has 3 aliphatic rings. The Kier molecular flexibility index (Phi) is 4.80. The largest absolute Gasteiger partial charge is 0.389 e. The maximum atomic E-state index is 12.7. The number of nitrogens with zero attached hydrogens (tertiary/aromatic N) is 2. The molecule has 1 amide bonds. The number of fused-ring (bicyclic) bond motifs is 1. The van der Waals surface area contributed by atoms with E-state index in [1.807, 2.05) is 11.0 Å². The molecule has 0 radical (unpaired) electrons. The fourth-order valence-electron chi connectivity index (χ4n) is 4.58. The van der Waals surface area contributed by atoms with Crippen molar-refractivity contribution in [3.63, 3.8) is 0 Å². The number of amides is 1. The number of ether oxygens (including phenoxy) is 1. The molecular formula is C20H28N2O3. The van der Waals surface area contributed by atoms with E-state index in [9.17, 15) is 9.90 Å². The van der Waals surface area contributed by atoms with E-state index < -0.39 is 5.60 Å². The Bertz CT molecular complexity index is 600. The molecular weight excluding hydrogens is 316 g/mol. The highest BCUT2D eigenvalue weighted by Gasteiger charge is 2.43. The lowest BCUT2D eigenvalue weighted by Gasteiger charge is -2.36. The average Bonchev–Trinajstić information content (AvgIpc) is 3.23. The number of carbonyl (C=O) groups is 1. The Balaban J connectivity index is 1.39. The van der Waals surface area contributed by atoms with Crippen molar-refractivity contribution in [2.45, 2.75) is 56.4 Å². The van der Waals surface area contributed by atoms with E-state index in [1.165, 1.54) is 5.56 Å². The fraction of sp³-hybridized carbons (Fsp3) is 0.650. The molecule has 5 heteroatoms. The molecule has 1 aromatic rings. The van der Waals surface area contributed by atoms with Crippen molar-refractivity contribution in [3.8, 4) is 0 Å². The van der Waals surface area contributed by atoms with Crippen molar-refractivity contribution in [2.75, 3.05) is 26.2 Å². The maximum Gasteiger partial charge on any atom is 0.225 e. The van der Waals surface area contributed by atoms with Gasteiger partial charge in [-0.2, -0.15) is 0 Å². The highest BCUT2D eigenvalue weighted by Crippen LogP contribution is 2.34. The highest BCUT2D eigenvalue weighted by molar-refractivity contribution is 5.77. The first-order valence-corrected chi connectivity index (χ1v) is 9.53. The standard InChI is InChI=1S/C20H28N2O3/c23-19(12-20(24)8-4-5-9-20)22-14-17-18(15-22)25-11-10-21(17)13-16-6-2-1-3-7-16/h1-3,6-7,17-18,24H,4-5,8-15H2. The van der Waals surface area contributed by atoms with E-state index in [0.29, 0.717) is 13.1 Å². The molecule has 2 atom stereocenters. The van der Waals surface area contributed by atoms with E-state index in [2.05, 4.69) is 29.2 Å². The average molecular weight is 344 g/mol. The van der Waals surface area contributed by atoms with E-state index in [0.717, 1.165) is 45.4 Å². The van der Waals surface area contributed by atoms with Gasteiger partial charge in [0.25, 0.3) is 0 Å². The minimum atomic E-state index is -0.768. The number of likely N-dealkylation sites (tertiary alicyclic amines) is 1. The van der Waals surface area contributed by atoms with Gasteiger partial charge in [0.05, 0.1) is 30.8 Å². The summed E-state index contributed by atoms with van der Waals surface area (Å²) in [6.45, 7) is 3.90. The third kappa shape index (κ3) is 3.73. The molecule has 4 rings (SSSR count). The van der Waals surface area contributed by atoms with Gasteiger partial charge >= 0.3 is 0 Å². The molecule has 1 N–H and O–H groups in total. The minimum Gasteiger partial charge on any atom is -0.389 e. The SMILES string of the molecule is O=C(CC1(O)CCCC1)N1CC2OCCN(Cc3ccccc3)C2C1. The normalized spacial score (nSPS) is 28.9. The van der Waals surface area contributed by atoms with Crippen LogP contribution in [0.3, 0.4) is 0 Å². The molecule has 25 heavy (non-hydrogen) atoms. The molecule has 1 saturated carbocycles. The molecule has 1 aliphatic carbocycles. The van der Waals surface area contributed by atoms with Gasteiger partial charge < -0.3 is 14.7 Å². The summed E-state index contributed by atoms with van der Waals surface area (Å²) in [4.78, 5) is 17.1. The van der Waals surface area contributed by atoms with Gasteiger partial charge in [0.15, 0.2) is 0 Å². The smallest absolute Gasteiger partial charge is 0.225 e. The van der Waals surface area contributed by atoms with Crippen molar-refractivity contribution in [1.29, 1.82) is 0 Å². The molecule has 2 saturated heterocycles. The zero-order valence-corrected chi connectivity index (χ0v) is 14.8. The summed E-state index contributed by atoms with van der Waals surface area (Å²) >= 11 is 0. The van der Waals surface area contributed by atoms with Crippen LogP contribution in [0.15, 0.2) is 30.3 Å². The van der Waals surface area contributed by atoms with Gasteiger partial charge in [0.2, 0.25) is 5.91 Å². The number of hydrogen-bond donors (Lipinski definition) is 1. The van der Waals surface area contributed by atoms with Crippen molar-refractivity contribution >= 4 is 5.91 Å². The lowest BCUT2D eigenvalue weighted by atomic mass is 9.97. The summed E-state index contributed by atoms with van der Waals surface area (Å²) in [5, 5.41) is 10.5. The van der Waals surface area contributed by atoms with Crippen LogP contribution in [0.1, 0.15) is 37.7 Å². The molecule has 2 heterocycles. The summed E-state index contributed by atoms with van der Waals surface area (Å²) in [6, 6.07) is 10.7. The Hall–Kier alpha value is -1.43. The molecule has 5 nitrogen and oxygen atoms in total. The second-order valence-corrected chi connectivity index (χ2v) is 7.84. The second kappa shape index (κ2) is 7.06. The quantitative estimate of drug-likeness (QED) is 0.905. The van der Waals surface area contributed by atoms with Crippen LogP contribution in [0.4, 0.5) is 0 Å². The Morgan fingerprint density at radius 1 is 1.20 bits per heavy atom. The first-order valence-electron chi connectivity index (χ1n) is 9.53. The predicted octanol–water partition coefficient (Wildman–Crippen LogP) is 1.79. The van der Waals surface area contributed by atoms with Gasteiger partial charge in [-0.3, -0.25) is 9.69 Å². The zero-order chi connectivity index (χ0) is 17.3. The summed E-state index contributed by atoms with van der Waals surface area (Å²) < 4.78 is 5.95. The monoisotopic (exact) mass is 344 g/mol. The Morgan fingerprint density at radius 3 is 2.72 bits per heavy atom. The van der Waals surface area contributed by atoms with Crippen LogP contribution in [0.25, 0.3) is 0 Å². The van der Waals surface area contributed by atoms with E-state index in [1.54, 1.807) is 0 Å². The van der Waals surface area contributed by atoms with Crippen LogP contribution < -0.4 is 0 Å². The van der Waals surface area contributed by atoms with Crippen molar-refractivity contribution < 1.29 is 14.6 Å². The molecule has 1 aromatic carbocycles. The Morgan fingerprint density at radius 2 is 1.96 bits per heavy atom. The third-order valence-electron chi connectivity index (χ3n) is 6.01. The molecule has 2 aliphatic heterocycles. The van der Waals surface area contributed by atoms with Crippen LogP contribution >= 0.6 is 0 Å². The summed E-state index contributed by atoms with van der Waals surface area (Å²) in [5.41, 5.74) is 0.531. The van der Waals surface area contributed by atoms with Crippen molar-refractivity contribution in [1.82, 2.24) is 9.80 Å². The second-order valence-electron chi connectivity index (χ2n) is 7.84. The first-order chi connectivity index (χ1) is 12.1. The third-order valence-corrected chi connectivity index (χ3v) is 6.01. The highest BCUT2D eigenvalue weighted by atomic mass is 16.5. The van der Waals surface area contributed by atoms with Gasteiger partial charge in [0.1, 0.15) is 0 Å². The fourth-order valence-corrected chi connectivity index (χ4v) is 4.58. The van der Waals surface area contributed by atoms with Gasteiger partial charge in [-0.15, -0.1) is 0 Å². The topological polar surface area (TPSA) is 53.0 Å². The molecule has 0 bridgehead atoms. The van der Waals surface area contributed by atoms with Crippen LogP contribution in [-0.4, -0.2) is 64.8 Å². The lowest BCUT2D eigenvalue weighted by Crippen LogP contribution is -2.50. The van der Waals surface area contributed by atoms with Crippen molar-refractivity contribution in [3.05, 3.63) is 35.9 Å². The minimum absolute atomic E-state index is 0.0852. The van der Waals surface area contributed by atoms with Crippen LogP contribution in [0.2, 0.25) is 0 Å². The molecule has 3 fully saturated rings. The van der Waals surface area contributed by atoms with Gasteiger partial charge in [-0.05, 0) is 18.4 Å². The van der Waals surface area contributed by atoms with E-state index in [4.69, 9.17) is 4.74 Å². The van der Waals surface area contributed by atoms with Gasteiger partial charge in [0, 0.05) is 26.2 Å². The number of aliphatic hydroxyl groups is 1. The number of rotatable bonds is 4. The number of morpholine rings is 1. The number of benzene rings is 1. The summed E-state index contributed by atoms with van der Waals surface area (Å²) in [5.74, 6) is 0.0852. The Labute approximate surface area is 149 Å². The van der Waals surface area contributed by atoms with E-state index in [-0.39, 0.29) is 24.5 Å². The predicted molar refractivity (Wildman–Crippen MR) is 95.0 cm³/mol. The van der Waals surface area contributed by atoms with E-state index >= 15 is 0 Å². The van der Waals surface area contributed by atoms with Crippen LogP contribution in [0, 0.1) is 0 Å². The molecule has 2 unspecified atom stereocenters. The number of carbonyl (C=O) groups excluding carboxylic acids is 1. The summed E-state index contributed by atoms with van der Waals surface area (Å²) in [6.07, 6.45) is 3.95. The number of hydrogen-bond acceptors (Lipinski definition) is 4. The van der Waals surface area contributed by atoms with Crippen LogP contribution in [-0.2, 0) is 16.1 Å². The molecule has 0 spiro atoms. The zero-order valence-electron chi connectivity index (χ0n) is 14.8. The van der Waals surface area contributed by atoms with Gasteiger partial charge in [-0.25, -0.2) is 0 Å². The maximum absolute atomic E-state index is 12.7. The van der Waals surface area contributed by atoms with Gasteiger partial charge in [-0.1, -0.05) is 43.2 Å². The first kappa shape index (κ1) is 17.0. The van der Waals surface area contributed by atoms with Crippen molar-refractivity contribution in [2.24, 2.45) is 0 Å². The lowest BCUT2D eigenvalue weighted by molar-refractivity contribution is -0.135. The molecule has 0 aromatic heterocycles. The van der Waals surface area contributed by atoms with Crippen LogP contribution in [0.5, 0.6) is 0 Å².